The molecule has 0 spiro atoms. The third-order valence-electron chi connectivity index (χ3n) is 2.37. The summed E-state index contributed by atoms with van der Waals surface area (Å²) in [6, 6.07) is 5.20. The molecule has 112 valence electrons. The molecular formula is C12H10ClF5O2. The molecule has 0 atom stereocenters. The molecule has 0 bridgehead atoms. The Kier molecular flexibility index (Phi) is 4.34. The molecule has 0 N–H and O–H groups in total. The van der Waals surface area contributed by atoms with Gasteiger partial charge in [-0.2, -0.15) is 22.0 Å². The van der Waals surface area contributed by atoms with Crippen LogP contribution in [0.1, 0.15) is 13.8 Å². The van der Waals surface area contributed by atoms with Gasteiger partial charge in [0.2, 0.25) is 0 Å². The van der Waals surface area contributed by atoms with Gasteiger partial charge < -0.3 is 4.74 Å². The quantitative estimate of drug-likeness (QED) is 0.776. The monoisotopic (exact) mass is 316 g/mol. The smallest absolute Gasteiger partial charge is 0.461 e. The van der Waals surface area contributed by atoms with E-state index in [4.69, 9.17) is 16.3 Å². The van der Waals surface area contributed by atoms with Gasteiger partial charge in [0.25, 0.3) is 5.78 Å². The second-order valence-electron chi connectivity index (χ2n) is 4.47. The van der Waals surface area contributed by atoms with Crippen LogP contribution < -0.4 is 4.74 Å². The summed E-state index contributed by atoms with van der Waals surface area (Å²) in [5.74, 6) is -7.90. The predicted molar refractivity (Wildman–Crippen MR) is 62.2 cm³/mol. The molecule has 0 saturated heterocycles. The lowest BCUT2D eigenvalue weighted by Gasteiger charge is -2.29. The normalized spacial score (nSPS) is 13.2. The maximum Gasteiger partial charge on any atom is 0.461 e. The maximum atomic E-state index is 13.0. The summed E-state index contributed by atoms with van der Waals surface area (Å²) in [4.78, 5) is 11.4. The number of ether oxygens (including phenoxy) is 1. The third-order valence-corrected chi connectivity index (χ3v) is 2.63. The van der Waals surface area contributed by atoms with Gasteiger partial charge in [0.15, 0.2) is 5.60 Å². The van der Waals surface area contributed by atoms with Crippen LogP contribution in [-0.4, -0.2) is 23.5 Å². The van der Waals surface area contributed by atoms with Crippen LogP contribution >= 0.6 is 11.6 Å². The average molecular weight is 317 g/mol. The van der Waals surface area contributed by atoms with E-state index in [1.165, 1.54) is 24.3 Å². The first-order valence-electron chi connectivity index (χ1n) is 5.32. The molecular weight excluding hydrogens is 307 g/mol. The van der Waals surface area contributed by atoms with Crippen molar-refractivity contribution in [1.82, 2.24) is 0 Å². The van der Waals surface area contributed by atoms with Crippen molar-refractivity contribution in [2.75, 3.05) is 0 Å². The van der Waals surface area contributed by atoms with Crippen LogP contribution in [0, 0.1) is 0 Å². The third kappa shape index (κ3) is 3.39. The summed E-state index contributed by atoms with van der Waals surface area (Å²) in [6.07, 6.45) is -5.97. The average Bonchev–Trinajstić information content (AvgIpc) is 2.29. The molecule has 0 amide bonds. The number of halogens is 6. The molecule has 20 heavy (non-hydrogen) atoms. The maximum absolute atomic E-state index is 13.0. The molecule has 0 aromatic heterocycles. The molecule has 0 saturated carbocycles. The van der Waals surface area contributed by atoms with Crippen molar-refractivity contribution in [2.45, 2.75) is 31.5 Å². The summed E-state index contributed by atoms with van der Waals surface area (Å²) in [5.41, 5.74) is -2.35. The fourth-order valence-corrected chi connectivity index (χ4v) is 1.48. The van der Waals surface area contributed by atoms with Crippen molar-refractivity contribution in [3.05, 3.63) is 29.3 Å². The molecule has 2 nitrogen and oxygen atoms in total. The molecule has 0 aliphatic carbocycles. The van der Waals surface area contributed by atoms with Gasteiger partial charge in [-0.3, -0.25) is 4.79 Å². The lowest BCUT2D eigenvalue weighted by Crippen LogP contribution is -2.55. The van der Waals surface area contributed by atoms with E-state index in [0.717, 1.165) is 13.8 Å². The van der Waals surface area contributed by atoms with E-state index in [0.29, 0.717) is 5.02 Å². The van der Waals surface area contributed by atoms with E-state index < -0.39 is 23.5 Å². The van der Waals surface area contributed by atoms with Crippen LogP contribution in [0.2, 0.25) is 5.02 Å². The number of carbonyl (C=O) groups excluding carboxylic acids is 1. The Bertz CT molecular complexity index is 494. The Hall–Kier alpha value is -1.37. The van der Waals surface area contributed by atoms with E-state index in [-0.39, 0.29) is 5.75 Å². The molecule has 0 fully saturated rings. The van der Waals surface area contributed by atoms with Gasteiger partial charge in [-0.1, -0.05) is 11.6 Å². The predicted octanol–water partition coefficient (Wildman–Crippen LogP) is 4.26. The molecule has 0 heterocycles. The van der Waals surface area contributed by atoms with Crippen molar-refractivity contribution in [2.24, 2.45) is 0 Å². The van der Waals surface area contributed by atoms with Crippen LogP contribution in [0.25, 0.3) is 0 Å². The molecule has 0 aliphatic rings. The highest BCUT2D eigenvalue weighted by atomic mass is 35.5. The van der Waals surface area contributed by atoms with Crippen molar-refractivity contribution < 1.29 is 31.5 Å². The van der Waals surface area contributed by atoms with E-state index >= 15 is 0 Å². The Morgan fingerprint density at radius 1 is 1.05 bits per heavy atom. The van der Waals surface area contributed by atoms with Gasteiger partial charge in [-0.05, 0) is 38.1 Å². The zero-order chi connectivity index (χ0) is 15.8. The number of alkyl halides is 5. The standard InChI is InChI=1S/C12H10ClF5O2/c1-10(2,9(19)11(14,15)12(16,17)18)20-8-5-3-7(13)4-6-8/h3-6H,1-2H3. The lowest BCUT2D eigenvalue weighted by atomic mass is 9.97. The summed E-state index contributed by atoms with van der Waals surface area (Å²) in [5, 5.41) is 0.321. The zero-order valence-electron chi connectivity index (χ0n) is 10.4. The van der Waals surface area contributed by atoms with Gasteiger partial charge in [0.1, 0.15) is 5.75 Å². The van der Waals surface area contributed by atoms with Crippen molar-refractivity contribution in [3.63, 3.8) is 0 Å². The van der Waals surface area contributed by atoms with Crippen molar-refractivity contribution >= 4 is 17.4 Å². The minimum Gasteiger partial charge on any atom is -0.480 e. The molecule has 1 aromatic rings. The van der Waals surface area contributed by atoms with Crippen molar-refractivity contribution in [1.29, 1.82) is 0 Å². The number of benzene rings is 1. The number of hydrogen-bond donors (Lipinski definition) is 0. The summed E-state index contributed by atoms with van der Waals surface area (Å²) in [7, 11) is 0. The van der Waals surface area contributed by atoms with Crippen LogP contribution in [0.5, 0.6) is 5.75 Å². The molecule has 0 aliphatic heterocycles. The largest absolute Gasteiger partial charge is 0.480 e. The highest BCUT2D eigenvalue weighted by molar-refractivity contribution is 6.30. The highest BCUT2D eigenvalue weighted by Gasteiger charge is 2.66. The number of ketones is 1. The van der Waals surface area contributed by atoms with Crippen LogP contribution in [-0.2, 0) is 4.79 Å². The fourth-order valence-electron chi connectivity index (χ4n) is 1.35. The SMILES string of the molecule is CC(C)(Oc1ccc(Cl)cc1)C(=O)C(F)(F)C(F)(F)F. The van der Waals surface area contributed by atoms with E-state index in [9.17, 15) is 26.7 Å². The minimum absolute atomic E-state index is 0.0503. The van der Waals surface area contributed by atoms with Gasteiger partial charge >= 0.3 is 12.1 Å². The Morgan fingerprint density at radius 2 is 1.50 bits per heavy atom. The number of hydrogen-bond acceptors (Lipinski definition) is 2. The lowest BCUT2D eigenvalue weighted by molar-refractivity contribution is -0.273. The molecule has 1 aromatic carbocycles. The first-order chi connectivity index (χ1) is 8.88. The molecule has 1 rings (SSSR count). The topological polar surface area (TPSA) is 26.3 Å². The molecule has 8 heteroatoms. The Balaban J connectivity index is 2.99. The van der Waals surface area contributed by atoms with Crippen LogP contribution in [0.4, 0.5) is 22.0 Å². The molecule has 0 radical (unpaired) electrons. The van der Waals surface area contributed by atoms with E-state index in [2.05, 4.69) is 0 Å². The van der Waals surface area contributed by atoms with E-state index in [1.807, 2.05) is 0 Å². The number of carbonyl (C=O) groups is 1. The first kappa shape index (κ1) is 16.7. The Labute approximate surface area is 116 Å². The van der Waals surface area contributed by atoms with Gasteiger partial charge in [0.05, 0.1) is 0 Å². The fraction of sp³-hybridized carbons (Fsp3) is 0.417. The summed E-state index contributed by atoms with van der Waals surface area (Å²) >= 11 is 5.59. The summed E-state index contributed by atoms with van der Waals surface area (Å²) in [6.45, 7) is 1.67. The first-order valence-corrected chi connectivity index (χ1v) is 5.70. The highest BCUT2D eigenvalue weighted by Crippen LogP contribution is 2.39. The van der Waals surface area contributed by atoms with E-state index in [1.54, 1.807) is 0 Å². The minimum atomic E-state index is -5.97. The number of Topliss-reactive ketones (excluding diaryl/α,β-unsaturated/α-hetero) is 1. The summed E-state index contributed by atoms with van der Waals surface area (Å²) < 4.78 is 67.4. The van der Waals surface area contributed by atoms with Gasteiger partial charge in [0, 0.05) is 5.02 Å². The second-order valence-corrected chi connectivity index (χ2v) is 4.90. The molecule has 0 unspecified atom stereocenters. The number of rotatable bonds is 4. The van der Waals surface area contributed by atoms with Crippen LogP contribution in [0.15, 0.2) is 24.3 Å². The van der Waals surface area contributed by atoms with Gasteiger partial charge in [-0.25, -0.2) is 0 Å². The van der Waals surface area contributed by atoms with Crippen molar-refractivity contribution in [3.8, 4) is 5.75 Å². The second kappa shape index (κ2) is 5.20. The Morgan fingerprint density at radius 3 is 1.90 bits per heavy atom. The zero-order valence-corrected chi connectivity index (χ0v) is 11.1. The van der Waals surface area contributed by atoms with Gasteiger partial charge in [-0.15, -0.1) is 0 Å². The van der Waals surface area contributed by atoms with Crippen LogP contribution in [0.3, 0.4) is 0 Å².